The zero-order chi connectivity index (χ0) is 10.9. The standard InChI is InChI=1S/C3H11NO7P2.4Na/c4-2-1-3(5,12(6,7)8)13(9,10)11;;;;/h5H,1-2,4H2,(H2,6,7,8)(H2,9,10,11);;;;/q;4*+1/p-4. The Balaban J connectivity index is -0.000000120. The number of aliphatic hydroxyl groups is 1. The fourth-order valence-electron chi connectivity index (χ4n) is 0.618. The first-order chi connectivity index (χ1) is 5.56. The van der Waals surface area contributed by atoms with Crippen molar-refractivity contribution in [3.05, 3.63) is 0 Å². The van der Waals surface area contributed by atoms with Gasteiger partial charge in [0.1, 0.15) is 5.08 Å². The Bertz CT molecular complexity index is 256. The molecule has 0 aliphatic heterocycles. The Hall–Kier alpha value is 4.22. The molecule has 0 fully saturated rings. The molecule has 0 bridgehead atoms. The summed E-state index contributed by atoms with van der Waals surface area (Å²) in [5, 5.41) is 5.02. The van der Waals surface area contributed by atoms with Crippen molar-refractivity contribution in [2.75, 3.05) is 6.54 Å². The molecule has 3 N–H and O–H groups in total. The first-order valence-electron chi connectivity index (χ1n) is 3.03. The number of hydrogen-bond acceptors (Lipinski definition) is 8. The first kappa shape index (κ1) is 33.0. The summed E-state index contributed by atoms with van der Waals surface area (Å²) < 4.78 is 20.6. The van der Waals surface area contributed by atoms with E-state index in [0.717, 1.165) is 0 Å². The smallest absolute Gasteiger partial charge is 0.808 e. The third-order valence-corrected chi connectivity index (χ3v) is 5.03. The minimum atomic E-state index is -5.94. The van der Waals surface area contributed by atoms with Crippen LogP contribution in [-0.4, -0.2) is 16.7 Å². The average Bonchev–Trinajstić information content (AvgIpc) is 1.82. The van der Waals surface area contributed by atoms with Gasteiger partial charge in [0.25, 0.3) is 0 Å². The summed E-state index contributed by atoms with van der Waals surface area (Å²) in [7, 11) is -11.9. The predicted octanol–water partition coefficient (Wildman–Crippen LogP) is -16.2. The quantitative estimate of drug-likeness (QED) is 0.379. The van der Waals surface area contributed by atoms with Crippen molar-refractivity contribution in [2.45, 2.75) is 11.5 Å². The molecule has 0 heterocycles. The van der Waals surface area contributed by atoms with Crippen molar-refractivity contribution in [1.29, 1.82) is 0 Å². The monoisotopic (exact) mass is 323 g/mol. The second-order valence-electron chi connectivity index (χ2n) is 2.31. The number of nitrogens with two attached hydrogens (primary N) is 1. The molecule has 0 saturated heterocycles. The second-order valence-corrected chi connectivity index (χ2v) is 6.13. The predicted molar refractivity (Wildman–Crippen MR) is 33.8 cm³/mol. The molecular weight excluding hydrogens is 316 g/mol. The van der Waals surface area contributed by atoms with E-state index >= 15 is 0 Å². The molecule has 0 aromatic carbocycles. The summed E-state index contributed by atoms with van der Waals surface area (Å²) in [6.45, 7) is -0.612. The van der Waals surface area contributed by atoms with E-state index in [-0.39, 0.29) is 118 Å². The fraction of sp³-hybridized carbons (Fsp3) is 1.00. The van der Waals surface area contributed by atoms with Crippen molar-refractivity contribution >= 4 is 15.2 Å². The van der Waals surface area contributed by atoms with Crippen molar-refractivity contribution < 1.29 is 152 Å². The van der Waals surface area contributed by atoms with Crippen molar-refractivity contribution in [3.8, 4) is 0 Å². The first-order valence-corrected chi connectivity index (χ1v) is 6.11. The molecule has 0 aromatic heterocycles. The molecule has 17 heavy (non-hydrogen) atoms. The Morgan fingerprint density at radius 3 is 1.24 bits per heavy atom. The van der Waals surface area contributed by atoms with E-state index in [4.69, 9.17) is 10.8 Å². The Labute approximate surface area is 187 Å². The van der Waals surface area contributed by atoms with Crippen LogP contribution in [0.15, 0.2) is 0 Å². The molecule has 0 unspecified atom stereocenters. The molecule has 0 aliphatic carbocycles. The van der Waals surface area contributed by atoms with Gasteiger partial charge in [0.15, 0.2) is 0 Å². The largest absolute Gasteiger partial charge is 1.00 e. The van der Waals surface area contributed by atoms with Crippen LogP contribution in [0.3, 0.4) is 0 Å². The molecule has 0 rings (SSSR count). The molecule has 0 saturated carbocycles. The van der Waals surface area contributed by atoms with Crippen LogP contribution in [-0.2, 0) is 9.13 Å². The molecular formula is C3H7NNa4O7P2. The van der Waals surface area contributed by atoms with Crippen LogP contribution in [0.1, 0.15) is 6.42 Å². The van der Waals surface area contributed by atoms with Gasteiger partial charge in [0, 0.05) is 0 Å². The molecule has 0 amide bonds. The van der Waals surface area contributed by atoms with Crippen LogP contribution in [0.2, 0.25) is 0 Å². The van der Waals surface area contributed by atoms with Crippen LogP contribution in [0.5, 0.6) is 0 Å². The molecule has 0 radical (unpaired) electrons. The molecule has 0 atom stereocenters. The zero-order valence-corrected chi connectivity index (χ0v) is 20.1. The van der Waals surface area contributed by atoms with Gasteiger partial charge >= 0.3 is 118 Å². The number of hydrogen-bond donors (Lipinski definition) is 2. The topological polar surface area (TPSA) is 173 Å². The summed E-state index contributed by atoms with van der Waals surface area (Å²) in [6.07, 6.45) is -1.12. The maximum Gasteiger partial charge on any atom is 1.00 e. The van der Waals surface area contributed by atoms with Crippen molar-refractivity contribution in [3.63, 3.8) is 0 Å². The summed E-state index contributed by atoms with van der Waals surface area (Å²) in [4.78, 5) is 41.1. The van der Waals surface area contributed by atoms with Gasteiger partial charge in [0.05, 0.1) is 0 Å². The van der Waals surface area contributed by atoms with E-state index in [1.165, 1.54) is 0 Å². The summed E-state index contributed by atoms with van der Waals surface area (Å²) in [5.74, 6) is 0. The molecule has 80 valence electrons. The van der Waals surface area contributed by atoms with Crippen molar-refractivity contribution in [1.82, 2.24) is 0 Å². The van der Waals surface area contributed by atoms with Crippen LogP contribution in [0.25, 0.3) is 0 Å². The van der Waals surface area contributed by atoms with Gasteiger partial charge in [0.2, 0.25) is 0 Å². The molecule has 8 nitrogen and oxygen atoms in total. The van der Waals surface area contributed by atoms with Crippen LogP contribution in [0.4, 0.5) is 0 Å². The minimum Gasteiger partial charge on any atom is -0.808 e. The van der Waals surface area contributed by atoms with Gasteiger partial charge in [-0.2, -0.15) is 0 Å². The SMILES string of the molecule is NCCC(O)(P(=O)([O-])[O-])P(=O)([O-])[O-].[Na+].[Na+].[Na+].[Na+]. The van der Waals surface area contributed by atoms with Crippen LogP contribution < -0.4 is 144 Å². The van der Waals surface area contributed by atoms with E-state index in [1.807, 2.05) is 0 Å². The molecule has 0 aromatic rings. The average molecular weight is 323 g/mol. The summed E-state index contributed by atoms with van der Waals surface area (Å²) >= 11 is 0. The third kappa shape index (κ3) is 9.76. The zero-order valence-electron chi connectivity index (χ0n) is 10.3. The van der Waals surface area contributed by atoms with Crippen LogP contribution in [0, 0.1) is 0 Å². The summed E-state index contributed by atoms with van der Waals surface area (Å²) in [5.41, 5.74) is 4.75. The normalized spacial score (nSPS) is 11.2. The minimum absolute atomic E-state index is 0. The maximum absolute atomic E-state index is 10.3. The maximum atomic E-state index is 10.3. The Morgan fingerprint density at radius 1 is 0.941 bits per heavy atom. The number of rotatable bonds is 4. The van der Waals surface area contributed by atoms with Gasteiger partial charge in [-0.1, -0.05) is 0 Å². The Kier molecular flexibility index (Phi) is 24.7. The fourth-order valence-corrected chi connectivity index (χ4v) is 2.62. The summed E-state index contributed by atoms with van der Waals surface area (Å²) in [6, 6.07) is 0. The van der Waals surface area contributed by atoms with E-state index < -0.39 is 33.2 Å². The van der Waals surface area contributed by atoms with Gasteiger partial charge in [-0.15, -0.1) is 0 Å². The van der Waals surface area contributed by atoms with Crippen molar-refractivity contribution in [2.24, 2.45) is 5.73 Å². The van der Waals surface area contributed by atoms with Gasteiger partial charge in [-0.05, 0) is 28.2 Å². The van der Waals surface area contributed by atoms with E-state index in [9.17, 15) is 28.7 Å². The molecule has 14 heteroatoms. The van der Waals surface area contributed by atoms with Gasteiger partial charge in [-0.25, -0.2) is 0 Å². The third-order valence-electron chi connectivity index (χ3n) is 1.36. The van der Waals surface area contributed by atoms with Crippen LogP contribution >= 0.6 is 15.2 Å². The van der Waals surface area contributed by atoms with E-state index in [0.29, 0.717) is 0 Å². The molecule has 0 aliphatic rings. The van der Waals surface area contributed by atoms with E-state index in [1.54, 1.807) is 0 Å². The van der Waals surface area contributed by atoms with Gasteiger partial charge in [-0.3, -0.25) is 0 Å². The van der Waals surface area contributed by atoms with E-state index in [2.05, 4.69) is 0 Å². The molecule has 0 spiro atoms. The van der Waals surface area contributed by atoms with Gasteiger partial charge < -0.3 is 39.5 Å². The Morgan fingerprint density at radius 2 is 1.18 bits per heavy atom. The second kappa shape index (κ2) is 12.7.